The first-order chi connectivity index (χ1) is 10.6. The summed E-state index contributed by atoms with van der Waals surface area (Å²) in [5.74, 6) is 0.969. The fraction of sp³-hybridized carbons (Fsp3) is 0.625. The summed E-state index contributed by atoms with van der Waals surface area (Å²) in [7, 11) is 1.97. The van der Waals surface area contributed by atoms with Gasteiger partial charge in [-0.1, -0.05) is 11.6 Å². The van der Waals surface area contributed by atoms with Crippen molar-refractivity contribution in [2.24, 2.45) is 5.92 Å². The lowest BCUT2D eigenvalue weighted by Gasteiger charge is -2.32. The normalized spacial score (nSPS) is 16.4. The van der Waals surface area contributed by atoms with Crippen LogP contribution in [0.15, 0.2) is 18.2 Å². The number of likely N-dealkylation sites (tertiary alicyclic amines) is 1. The van der Waals surface area contributed by atoms with Crippen molar-refractivity contribution in [1.82, 2.24) is 10.2 Å². The van der Waals surface area contributed by atoms with E-state index in [0.717, 1.165) is 44.0 Å². The fourth-order valence-corrected chi connectivity index (χ4v) is 3.10. The van der Waals surface area contributed by atoms with Gasteiger partial charge in [-0.05, 0) is 70.1 Å². The predicted octanol–water partition coefficient (Wildman–Crippen LogP) is 4.18. The molecule has 0 aromatic heterocycles. The van der Waals surface area contributed by atoms with Crippen LogP contribution in [0.2, 0.25) is 5.02 Å². The van der Waals surface area contributed by atoms with E-state index in [9.17, 15) is 8.78 Å². The van der Waals surface area contributed by atoms with Gasteiger partial charge in [0.2, 0.25) is 0 Å². The number of nitrogens with one attached hydrogen (secondary N) is 1. The monoisotopic (exact) mass is 368 g/mol. The Balaban J connectivity index is 0.00000264. The van der Waals surface area contributed by atoms with E-state index in [-0.39, 0.29) is 18.2 Å². The van der Waals surface area contributed by atoms with Crippen LogP contribution in [-0.2, 0) is 6.54 Å². The predicted molar refractivity (Wildman–Crippen MR) is 91.9 cm³/mol. The summed E-state index contributed by atoms with van der Waals surface area (Å²) in [6.45, 7) is 0.795. The molecule has 7 heteroatoms. The third-order valence-electron chi connectivity index (χ3n) is 4.14. The zero-order valence-electron chi connectivity index (χ0n) is 13.2. The van der Waals surface area contributed by atoms with Crippen molar-refractivity contribution in [2.75, 3.05) is 26.7 Å². The van der Waals surface area contributed by atoms with Crippen molar-refractivity contribution >= 4 is 24.0 Å². The minimum absolute atomic E-state index is 0. The third-order valence-corrected chi connectivity index (χ3v) is 4.38. The lowest BCUT2D eigenvalue weighted by molar-refractivity contribution is -0.0508. The van der Waals surface area contributed by atoms with Gasteiger partial charge in [0.1, 0.15) is 5.75 Å². The van der Waals surface area contributed by atoms with Gasteiger partial charge in [-0.25, -0.2) is 0 Å². The van der Waals surface area contributed by atoms with E-state index in [1.165, 1.54) is 12.5 Å². The second-order valence-electron chi connectivity index (χ2n) is 5.74. The number of hydrogen-bond donors (Lipinski definition) is 1. The summed E-state index contributed by atoms with van der Waals surface area (Å²) in [5, 5.41) is 3.72. The Kier molecular flexibility index (Phi) is 9.14. The molecule has 0 saturated carbocycles. The highest BCUT2D eigenvalue weighted by atomic mass is 35.5. The molecule has 1 N–H and O–H groups in total. The first-order valence-electron chi connectivity index (χ1n) is 7.68. The Morgan fingerprint density at radius 1 is 1.35 bits per heavy atom. The van der Waals surface area contributed by atoms with Crippen LogP contribution < -0.4 is 10.1 Å². The van der Waals surface area contributed by atoms with Crippen LogP contribution in [0.4, 0.5) is 8.78 Å². The van der Waals surface area contributed by atoms with Crippen molar-refractivity contribution < 1.29 is 13.5 Å². The quantitative estimate of drug-likeness (QED) is 0.780. The van der Waals surface area contributed by atoms with Crippen molar-refractivity contribution in [3.8, 4) is 5.75 Å². The van der Waals surface area contributed by atoms with Gasteiger partial charge in [-0.15, -0.1) is 12.4 Å². The van der Waals surface area contributed by atoms with Crippen molar-refractivity contribution in [2.45, 2.75) is 32.4 Å². The van der Waals surface area contributed by atoms with Crippen LogP contribution >= 0.6 is 24.0 Å². The summed E-state index contributed by atoms with van der Waals surface area (Å²) >= 11 is 5.98. The summed E-state index contributed by atoms with van der Waals surface area (Å²) in [5.41, 5.74) is 0.724. The van der Waals surface area contributed by atoms with Crippen molar-refractivity contribution in [3.63, 3.8) is 0 Å². The molecule has 0 aliphatic carbocycles. The number of benzene rings is 1. The van der Waals surface area contributed by atoms with E-state index in [0.29, 0.717) is 11.6 Å². The van der Waals surface area contributed by atoms with E-state index in [4.69, 9.17) is 11.6 Å². The Labute approximate surface area is 147 Å². The molecule has 0 atom stereocenters. The standard InChI is InChI=1S/C16H23ClF2N2O.ClH/c1-20-7-4-12-5-8-21(9-6-12)11-13-10-14(17)2-3-15(13)22-16(18)19;/h2-3,10,12,16,20H,4-9,11H2,1H3;1H. The topological polar surface area (TPSA) is 24.5 Å². The summed E-state index contributed by atoms with van der Waals surface area (Å²) in [6, 6.07) is 4.81. The number of nitrogens with zero attached hydrogens (tertiary/aromatic N) is 1. The number of ether oxygens (including phenoxy) is 1. The average Bonchev–Trinajstić information content (AvgIpc) is 2.49. The van der Waals surface area contributed by atoms with E-state index in [1.54, 1.807) is 12.1 Å². The molecule has 0 radical (unpaired) electrons. The largest absolute Gasteiger partial charge is 0.434 e. The Bertz CT molecular complexity index is 469. The summed E-state index contributed by atoms with van der Waals surface area (Å²) in [4.78, 5) is 2.28. The molecule has 1 aliphatic rings. The zero-order chi connectivity index (χ0) is 15.9. The maximum absolute atomic E-state index is 12.5. The zero-order valence-corrected chi connectivity index (χ0v) is 14.8. The molecule has 2 rings (SSSR count). The Morgan fingerprint density at radius 3 is 2.65 bits per heavy atom. The van der Waals surface area contributed by atoms with Gasteiger partial charge in [0.05, 0.1) is 0 Å². The molecule has 1 aromatic carbocycles. The van der Waals surface area contributed by atoms with Crippen molar-refractivity contribution in [1.29, 1.82) is 0 Å². The van der Waals surface area contributed by atoms with Crippen LogP contribution in [0.25, 0.3) is 0 Å². The molecule has 132 valence electrons. The minimum Gasteiger partial charge on any atom is -0.434 e. The van der Waals surface area contributed by atoms with Crippen LogP contribution in [-0.4, -0.2) is 38.2 Å². The van der Waals surface area contributed by atoms with Gasteiger partial charge in [0, 0.05) is 17.1 Å². The minimum atomic E-state index is -2.81. The van der Waals surface area contributed by atoms with Crippen LogP contribution in [0.1, 0.15) is 24.8 Å². The lowest BCUT2D eigenvalue weighted by atomic mass is 9.93. The van der Waals surface area contributed by atoms with E-state index in [2.05, 4.69) is 15.0 Å². The Hall–Kier alpha value is -0.620. The van der Waals surface area contributed by atoms with Crippen LogP contribution in [0.3, 0.4) is 0 Å². The summed E-state index contributed by atoms with van der Waals surface area (Å²) < 4.78 is 29.5. The molecule has 1 fully saturated rings. The highest BCUT2D eigenvalue weighted by Gasteiger charge is 2.20. The first-order valence-corrected chi connectivity index (χ1v) is 8.06. The third kappa shape index (κ3) is 6.79. The van der Waals surface area contributed by atoms with Gasteiger partial charge in [0.15, 0.2) is 0 Å². The number of rotatable bonds is 7. The van der Waals surface area contributed by atoms with Gasteiger partial charge in [-0.2, -0.15) is 8.78 Å². The number of hydrogen-bond acceptors (Lipinski definition) is 3. The number of alkyl halides is 2. The molecule has 3 nitrogen and oxygen atoms in total. The van der Waals surface area contributed by atoms with Gasteiger partial charge in [-0.3, -0.25) is 4.90 Å². The molecular weight excluding hydrogens is 345 g/mol. The van der Waals surface area contributed by atoms with E-state index >= 15 is 0 Å². The number of halogens is 4. The maximum atomic E-state index is 12.5. The molecule has 1 aliphatic heterocycles. The number of piperidine rings is 1. The second kappa shape index (κ2) is 10.3. The Morgan fingerprint density at radius 2 is 2.04 bits per heavy atom. The summed E-state index contributed by atoms with van der Waals surface area (Å²) in [6.07, 6.45) is 3.49. The molecule has 0 amide bonds. The average molecular weight is 369 g/mol. The molecule has 0 bridgehead atoms. The fourth-order valence-electron chi connectivity index (χ4n) is 2.91. The molecule has 23 heavy (non-hydrogen) atoms. The molecule has 1 saturated heterocycles. The van der Waals surface area contributed by atoms with Gasteiger partial charge < -0.3 is 10.1 Å². The molecule has 0 unspecified atom stereocenters. The molecule has 0 spiro atoms. The smallest absolute Gasteiger partial charge is 0.387 e. The SMILES string of the molecule is CNCCC1CCN(Cc2cc(Cl)ccc2OC(F)F)CC1.Cl. The van der Waals surface area contributed by atoms with Crippen molar-refractivity contribution in [3.05, 3.63) is 28.8 Å². The van der Waals surface area contributed by atoms with Gasteiger partial charge in [0.25, 0.3) is 0 Å². The first kappa shape index (κ1) is 20.4. The molecule has 1 aromatic rings. The van der Waals surface area contributed by atoms with Crippen LogP contribution in [0, 0.1) is 5.92 Å². The highest BCUT2D eigenvalue weighted by molar-refractivity contribution is 6.30. The lowest BCUT2D eigenvalue weighted by Crippen LogP contribution is -2.34. The molecular formula is C16H24Cl2F2N2O. The van der Waals surface area contributed by atoms with Gasteiger partial charge >= 0.3 is 6.61 Å². The highest BCUT2D eigenvalue weighted by Crippen LogP contribution is 2.28. The maximum Gasteiger partial charge on any atom is 0.387 e. The van der Waals surface area contributed by atoms with E-state index in [1.807, 2.05) is 7.05 Å². The molecule has 1 heterocycles. The second-order valence-corrected chi connectivity index (χ2v) is 6.18. The van der Waals surface area contributed by atoms with Crippen LogP contribution in [0.5, 0.6) is 5.75 Å². The van der Waals surface area contributed by atoms with E-state index < -0.39 is 6.61 Å².